The third-order valence-corrected chi connectivity index (χ3v) is 3.55. The first kappa shape index (κ1) is 16.9. The summed E-state index contributed by atoms with van der Waals surface area (Å²) in [6, 6.07) is 5.06. The largest absolute Gasteiger partial charge is 0.481 e. The van der Waals surface area contributed by atoms with Crippen LogP contribution in [0.25, 0.3) is 0 Å². The van der Waals surface area contributed by atoms with Crippen molar-refractivity contribution in [1.29, 1.82) is 0 Å². The van der Waals surface area contributed by atoms with Gasteiger partial charge in [0, 0.05) is 30.3 Å². The average molecular weight is 294 g/mol. The summed E-state index contributed by atoms with van der Waals surface area (Å²) in [5, 5.41) is 22.7. The maximum atomic E-state index is 10.9. The van der Waals surface area contributed by atoms with E-state index < -0.39 is 10.9 Å². The molecule has 1 aromatic carbocycles. The summed E-state index contributed by atoms with van der Waals surface area (Å²) in [4.78, 5) is 21.1. The number of aliphatic carboxylic acids is 1. The number of hydrogen-bond acceptors (Lipinski definition) is 4. The molecule has 6 nitrogen and oxygen atoms in total. The minimum atomic E-state index is -0.787. The quantitative estimate of drug-likeness (QED) is 0.564. The van der Waals surface area contributed by atoms with Crippen molar-refractivity contribution in [1.82, 2.24) is 0 Å². The second-order valence-corrected chi connectivity index (χ2v) is 5.99. The number of carbonyl (C=O) groups is 1. The molecule has 0 saturated heterocycles. The van der Waals surface area contributed by atoms with Crippen LogP contribution in [0.4, 0.5) is 11.4 Å². The Morgan fingerprint density at radius 2 is 2.05 bits per heavy atom. The number of carboxylic acid groups (broad SMARTS) is 1. The van der Waals surface area contributed by atoms with Gasteiger partial charge in [-0.2, -0.15) is 0 Å². The molecule has 0 aliphatic rings. The molecule has 6 heteroatoms. The molecule has 1 aromatic rings. The molecule has 0 bridgehead atoms. The molecule has 0 atom stereocenters. The van der Waals surface area contributed by atoms with E-state index in [9.17, 15) is 14.9 Å². The number of nitrogens with one attached hydrogen (secondary N) is 1. The highest BCUT2D eigenvalue weighted by molar-refractivity contribution is 5.66. The van der Waals surface area contributed by atoms with Gasteiger partial charge < -0.3 is 10.4 Å². The smallest absolute Gasteiger partial charge is 0.303 e. The van der Waals surface area contributed by atoms with Crippen LogP contribution in [0.5, 0.6) is 0 Å². The lowest BCUT2D eigenvalue weighted by molar-refractivity contribution is -0.385. The van der Waals surface area contributed by atoms with Crippen LogP contribution in [0.15, 0.2) is 18.2 Å². The van der Waals surface area contributed by atoms with Gasteiger partial charge in [0.05, 0.1) is 4.92 Å². The number of carboxylic acids is 1. The van der Waals surface area contributed by atoms with Crippen LogP contribution in [0.3, 0.4) is 0 Å². The lowest BCUT2D eigenvalue weighted by Crippen LogP contribution is -2.18. The van der Waals surface area contributed by atoms with Crippen molar-refractivity contribution in [2.24, 2.45) is 5.41 Å². The van der Waals surface area contributed by atoms with Crippen molar-refractivity contribution in [2.45, 2.75) is 40.0 Å². The van der Waals surface area contributed by atoms with Gasteiger partial charge >= 0.3 is 5.97 Å². The fourth-order valence-electron chi connectivity index (χ4n) is 2.03. The van der Waals surface area contributed by atoms with Crippen LogP contribution in [0, 0.1) is 22.5 Å². The summed E-state index contributed by atoms with van der Waals surface area (Å²) in [6.07, 6.45) is 1.56. The van der Waals surface area contributed by atoms with E-state index in [1.54, 1.807) is 13.0 Å². The minimum absolute atomic E-state index is 0.0813. The third kappa shape index (κ3) is 5.81. The van der Waals surface area contributed by atoms with Crippen LogP contribution < -0.4 is 5.32 Å². The van der Waals surface area contributed by atoms with Crippen LogP contribution in [0.1, 0.15) is 38.7 Å². The zero-order chi connectivity index (χ0) is 16.0. The van der Waals surface area contributed by atoms with E-state index in [4.69, 9.17) is 5.11 Å². The topological polar surface area (TPSA) is 92.5 Å². The van der Waals surface area contributed by atoms with Gasteiger partial charge in [-0.15, -0.1) is 0 Å². The van der Waals surface area contributed by atoms with Crippen LogP contribution >= 0.6 is 0 Å². The molecule has 116 valence electrons. The molecule has 0 unspecified atom stereocenters. The average Bonchev–Trinajstić information content (AvgIpc) is 2.38. The second-order valence-electron chi connectivity index (χ2n) is 5.99. The summed E-state index contributed by atoms with van der Waals surface area (Å²) in [5.74, 6) is -0.787. The number of nitro benzene ring substituents is 1. The molecule has 1 rings (SSSR count). The van der Waals surface area contributed by atoms with Crippen molar-refractivity contribution in [3.63, 3.8) is 0 Å². The highest BCUT2D eigenvalue weighted by Gasteiger charge is 2.19. The molecule has 21 heavy (non-hydrogen) atoms. The van der Waals surface area contributed by atoms with E-state index in [1.807, 2.05) is 19.9 Å². The normalized spacial score (nSPS) is 11.2. The number of anilines is 1. The molecular formula is C15H22N2O4. The van der Waals surface area contributed by atoms with Crippen molar-refractivity contribution in [2.75, 3.05) is 11.9 Å². The van der Waals surface area contributed by atoms with Crippen LogP contribution in [0.2, 0.25) is 0 Å². The number of aryl methyl sites for hydroxylation is 1. The molecule has 0 fully saturated rings. The van der Waals surface area contributed by atoms with Gasteiger partial charge in [0.2, 0.25) is 0 Å². The van der Waals surface area contributed by atoms with E-state index >= 15 is 0 Å². The summed E-state index contributed by atoms with van der Waals surface area (Å²) in [6.45, 7) is 6.40. The maximum absolute atomic E-state index is 10.9. The monoisotopic (exact) mass is 294 g/mol. The molecule has 0 spiro atoms. The first-order chi connectivity index (χ1) is 9.71. The van der Waals surface area contributed by atoms with Crippen molar-refractivity contribution in [3.8, 4) is 0 Å². The first-order valence-corrected chi connectivity index (χ1v) is 6.92. The van der Waals surface area contributed by atoms with Gasteiger partial charge in [-0.1, -0.05) is 19.9 Å². The van der Waals surface area contributed by atoms with E-state index in [2.05, 4.69) is 5.32 Å². The van der Waals surface area contributed by atoms with E-state index in [0.717, 1.165) is 6.42 Å². The third-order valence-electron chi connectivity index (χ3n) is 3.55. The first-order valence-electron chi connectivity index (χ1n) is 6.92. The Morgan fingerprint density at radius 3 is 2.62 bits per heavy atom. The van der Waals surface area contributed by atoms with Crippen molar-refractivity contribution >= 4 is 17.3 Å². The predicted molar refractivity (Wildman–Crippen MR) is 81.6 cm³/mol. The van der Waals surface area contributed by atoms with Gasteiger partial charge in [-0.3, -0.25) is 14.9 Å². The van der Waals surface area contributed by atoms with Crippen molar-refractivity contribution in [3.05, 3.63) is 33.9 Å². The lowest BCUT2D eigenvalue weighted by atomic mass is 9.84. The number of nitrogens with zero attached hydrogens (tertiary/aromatic N) is 1. The molecule has 0 aromatic heterocycles. The lowest BCUT2D eigenvalue weighted by Gasteiger charge is -2.24. The maximum Gasteiger partial charge on any atom is 0.303 e. The molecular weight excluding hydrogens is 272 g/mol. The Morgan fingerprint density at radius 1 is 1.38 bits per heavy atom. The van der Waals surface area contributed by atoms with E-state index in [-0.39, 0.29) is 17.5 Å². The number of nitro groups is 1. The van der Waals surface area contributed by atoms with Crippen LogP contribution in [-0.4, -0.2) is 22.5 Å². The summed E-state index contributed by atoms with van der Waals surface area (Å²) in [5.41, 5.74) is 1.36. The number of benzene rings is 1. The molecule has 0 heterocycles. The highest BCUT2D eigenvalue weighted by atomic mass is 16.6. The second kappa shape index (κ2) is 7.06. The van der Waals surface area contributed by atoms with Crippen LogP contribution in [-0.2, 0) is 4.79 Å². The molecule has 0 amide bonds. The molecule has 0 aliphatic heterocycles. The van der Waals surface area contributed by atoms with Gasteiger partial charge in [-0.05, 0) is 31.2 Å². The Kier molecular flexibility index (Phi) is 5.69. The minimum Gasteiger partial charge on any atom is -0.481 e. The summed E-state index contributed by atoms with van der Waals surface area (Å²) >= 11 is 0. The van der Waals surface area contributed by atoms with Gasteiger partial charge in [0.1, 0.15) is 0 Å². The predicted octanol–water partition coefficient (Wildman–Crippen LogP) is 3.60. The fourth-order valence-corrected chi connectivity index (χ4v) is 2.03. The zero-order valence-corrected chi connectivity index (χ0v) is 12.7. The number of rotatable bonds is 8. The van der Waals surface area contributed by atoms with Gasteiger partial charge in [0.15, 0.2) is 0 Å². The summed E-state index contributed by atoms with van der Waals surface area (Å²) in [7, 11) is 0. The Balaban J connectivity index is 2.54. The molecule has 2 N–H and O–H groups in total. The van der Waals surface area contributed by atoms with Crippen molar-refractivity contribution < 1.29 is 14.8 Å². The molecule has 0 radical (unpaired) electrons. The standard InChI is InChI=1S/C15H22N2O4/c1-11-4-5-12(10-13(11)17(20)21)16-9-8-15(2,3)7-6-14(18)19/h4-5,10,16H,6-9H2,1-3H3,(H,18,19). The molecule has 0 saturated carbocycles. The Bertz CT molecular complexity index is 526. The van der Waals surface area contributed by atoms with Gasteiger partial charge in [0.25, 0.3) is 5.69 Å². The van der Waals surface area contributed by atoms with Gasteiger partial charge in [-0.25, -0.2) is 0 Å². The molecule has 0 aliphatic carbocycles. The Hall–Kier alpha value is -2.11. The Labute approximate surface area is 124 Å². The SMILES string of the molecule is Cc1ccc(NCCC(C)(C)CCC(=O)O)cc1[N+](=O)[O-]. The number of hydrogen-bond donors (Lipinski definition) is 2. The van der Waals surface area contributed by atoms with E-state index in [0.29, 0.717) is 24.2 Å². The fraction of sp³-hybridized carbons (Fsp3) is 0.533. The highest BCUT2D eigenvalue weighted by Crippen LogP contribution is 2.27. The summed E-state index contributed by atoms with van der Waals surface area (Å²) < 4.78 is 0. The van der Waals surface area contributed by atoms with E-state index in [1.165, 1.54) is 6.07 Å². The zero-order valence-electron chi connectivity index (χ0n) is 12.7.